The zero-order chi connectivity index (χ0) is 22.8. The average molecular weight is 451 g/mol. The molecule has 0 bridgehead atoms. The van der Waals surface area contributed by atoms with Crippen LogP contribution in [0.5, 0.6) is 0 Å². The van der Waals surface area contributed by atoms with Gasteiger partial charge in [-0.2, -0.15) is 0 Å². The molecule has 0 aliphatic heterocycles. The van der Waals surface area contributed by atoms with Crippen LogP contribution in [0.3, 0.4) is 0 Å². The summed E-state index contributed by atoms with van der Waals surface area (Å²) >= 11 is 0. The van der Waals surface area contributed by atoms with E-state index in [-0.39, 0.29) is 25.8 Å². The Morgan fingerprint density at radius 2 is 1.00 bits per heavy atom. The van der Waals surface area contributed by atoms with Crippen molar-refractivity contribution in [2.45, 2.75) is 58.3 Å². The number of carbonyl (C=O) groups excluding carboxylic acids is 1. The number of ether oxygens (including phenoxy) is 6. The number of rotatable bonds is 25. The monoisotopic (exact) mass is 450 g/mol. The number of esters is 1. The van der Waals surface area contributed by atoms with Crippen LogP contribution in [0.15, 0.2) is 0 Å². The van der Waals surface area contributed by atoms with Crippen molar-refractivity contribution in [3.05, 3.63) is 0 Å². The Morgan fingerprint density at radius 3 is 1.48 bits per heavy atom. The van der Waals surface area contributed by atoms with Gasteiger partial charge in [-0.15, -0.1) is 0 Å². The largest absolute Gasteiger partial charge is 0.480 e. The Labute approximate surface area is 186 Å². The first kappa shape index (κ1) is 29.7. The molecule has 9 nitrogen and oxygen atoms in total. The highest BCUT2D eigenvalue weighted by atomic mass is 16.6. The van der Waals surface area contributed by atoms with E-state index in [0.29, 0.717) is 59.3 Å². The molecule has 0 amide bonds. The highest BCUT2D eigenvalue weighted by Gasteiger charge is 2.02. The van der Waals surface area contributed by atoms with Crippen molar-refractivity contribution in [2.24, 2.45) is 0 Å². The van der Waals surface area contributed by atoms with Crippen molar-refractivity contribution in [1.82, 2.24) is 0 Å². The third-order valence-electron chi connectivity index (χ3n) is 4.19. The second kappa shape index (κ2) is 25.0. The maximum atomic E-state index is 11.6. The molecule has 0 saturated heterocycles. The van der Waals surface area contributed by atoms with E-state index in [1.165, 1.54) is 32.1 Å². The van der Waals surface area contributed by atoms with Gasteiger partial charge >= 0.3 is 11.9 Å². The van der Waals surface area contributed by atoms with Gasteiger partial charge in [0.15, 0.2) is 0 Å². The molecule has 0 radical (unpaired) electrons. The Morgan fingerprint density at radius 1 is 0.581 bits per heavy atom. The summed E-state index contributed by atoms with van der Waals surface area (Å²) in [5, 5.41) is 8.38. The van der Waals surface area contributed by atoms with Gasteiger partial charge in [0.1, 0.15) is 13.2 Å². The Balaban J connectivity index is 3.13. The molecule has 0 aromatic carbocycles. The molecular formula is C22H42O9. The van der Waals surface area contributed by atoms with E-state index in [9.17, 15) is 9.59 Å². The molecule has 184 valence electrons. The maximum absolute atomic E-state index is 11.6. The Kier molecular flexibility index (Phi) is 24.0. The van der Waals surface area contributed by atoms with Crippen molar-refractivity contribution in [3.63, 3.8) is 0 Å². The third-order valence-corrected chi connectivity index (χ3v) is 4.19. The summed E-state index contributed by atoms with van der Waals surface area (Å²) in [5.74, 6) is -1.14. The molecule has 1 N–H and O–H groups in total. The first-order valence-electron chi connectivity index (χ1n) is 11.4. The van der Waals surface area contributed by atoms with Crippen LogP contribution in [0.4, 0.5) is 0 Å². The van der Waals surface area contributed by atoms with Gasteiger partial charge in [0.05, 0.1) is 59.5 Å². The number of carbonyl (C=O) groups is 2. The van der Waals surface area contributed by atoms with Gasteiger partial charge in [0.2, 0.25) is 0 Å². The molecule has 0 saturated carbocycles. The van der Waals surface area contributed by atoms with Crippen LogP contribution in [0.2, 0.25) is 0 Å². The number of hydrogen-bond acceptors (Lipinski definition) is 8. The van der Waals surface area contributed by atoms with Gasteiger partial charge in [-0.25, -0.2) is 4.79 Å². The van der Waals surface area contributed by atoms with Crippen LogP contribution >= 0.6 is 0 Å². The Bertz CT molecular complexity index is 404. The predicted molar refractivity (Wildman–Crippen MR) is 115 cm³/mol. The van der Waals surface area contributed by atoms with Crippen LogP contribution in [0, 0.1) is 0 Å². The summed E-state index contributed by atoms with van der Waals surface area (Å²) in [5.41, 5.74) is 0. The van der Waals surface area contributed by atoms with Gasteiger partial charge in [-0.05, 0) is 6.42 Å². The van der Waals surface area contributed by atoms with Gasteiger partial charge in [0.25, 0.3) is 0 Å². The van der Waals surface area contributed by atoms with Crippen LogP contribution in [-0.2, 0) is 38.0 Å². The third kappa shape index (κ3) is 26.7. The fourth-order valence-electron chi connectivity index (χ4n) is 2.55. The first-order chi connectivity index (χ1) is 15.2. The summed E-state index contributed by atoms with van der Waals surface area (Å²) in [6, 6.07) is 0. The molecule has 0 aliphatic carbocycles. The number of carboxylic acids is 1. The standard InChI is InChI=1S/C22H42O9/c1-2-3-4-5-6-7-8-9-22(25)31-19-18-29-15-14-27-11-10-26-12-13-28-16-17-30-20-21(23)24/h2-20H2,1H3,(H,23,24). The van der Waals surface area contributed by atoms with Crippen molar-refractivity contribution in [1.29, 1.82) is 0 Å². The summed E-state index contributed by atoms with van der Waals surface area (Å²) in [4.78, 5) is 21.8. The molecule has 0 fully saturated rings. The number of carboxylic acid groups (broad SMARTS) is 1. The first-order valence-corrected chi connectivity index (χ1v) is 11.4. The van der Waals surface area contributed by atoms with Gasteiger partial charge in [-0.3, -0.25) is 4.79 Å². The fourth-order valence-corrected chi connectivity index (χ4v) is 2.55. The summed E-state index contributed by atoms with van der Waals surface area (Å²) in [7, 11) is 0. The van der Waals surface area contributed by atoms with E-state index in [2.05, 4.69) is 6.92 Å². The number of aliphatic carboxylic acids is 1. The van der Waals surface area contributed by atoms with Crippen LogP contribution in [0.1, 0.15) is 58.3 Å². The fraction of sp³-hybridized carbons (Fsp3) is 0.909. The smallest absolute Gasteiger partial charge is 0.329 e. The van der Waals surface area contributed by atoms with Crippen molar-refractivity contribution in [2.75, 3.05) is 72.7 Å². The van der Waals surface area contributed by atoms with Crippen LogP contribution in [0.25, 0.3) is 0 Å². The van der Waals surface area contributed by atoms with E-state index < -0.39 is 5.97 Å². The predicted octanol–water partition coefficient (Wildman–Crippen LogP) is 2.84. The molecule has 31 heavy (non-hydrogen) atoms. The van der Waals surface area contributed by atoms with E-state index in [0.717, 1.165) is 12.8 Å². The van der Waals surface area contributed by atoms with Gasteiger partial charge in [0, 0.05) is 6.42 Å². The molecule has 0 aromatic heterocycles. The normalized spacial score (nSPS) is 11.0. The molecule has 0 heterocycles. The van der Waals surface area contributed by atoms with E-state index in [1.54, 1.807) is 0 Å². The lowest BCUT2D eigenvalue weighted by Crippen LogP contribution is -2.15. The summed E-state index contributed by atoms with van der Waals surface area (Å²) in [6.07, 6.45) is 8.77. The number of hydrogen-bond donors (Lipinski definition) is 1. The minimum Gasteiger partial charge on any atom is -0.480 e. The van der Waals surface area contributed by atoms with Gasteiger partial charge in [-0.1, -0.05) is 45.4 Å². The van der Waals surface area contributed by atoms with Crippen molar-refractivity contribution >= 4 is 11.9 Å². The molecule has 0 spiro atoms. The lowest BCUT2D eigenvalue weighted by molar-refractivity contribution is -0.145. The second-order valence-electron chi connectivity index (χ2n) is 6.99. The molecule has 0 aliphatic rings. The summed E-state index contributed by atoms with van der Waals surface area (Å²) < 4.78 is 31.2. The molecule has 0 atom stereocenters. The number of unbranched alkanes of at least 4 members (excludes halogenated alkanes) is 6. The topological polar surface area (TPSA) is 110 Å². The second-order valence-corrected chi connectivity index (χ2v) is 6.99. The molecular weight excluding hydrogens is 408 g/mol. The zero-order valence-electron chi connectivity index (χ0n) is 19.1. The highest BCUT2D eigenvalue weighted by Crippen LogP contribution is 2.08. The molecule has 0 rings (SSSR count). The molecule has 0 aromatic rings. The minimum atomic E-state index is -0.994. The highest BCUT2D eigenvalue weighted by molar-refractivity contribution is 5.69. The van der Waals surface area contributed by atoms with E-state index in [4.69, 9.17) is 33.5 Å². The average Bonchev–Trinajstić information content (AvgIpc) is 2.75. The quantitative estimate of drug-likeness (QED) is 0.166. The van der Waals surface area contributed by atoms with E-state index in [1.807, 2.05) is 0 Å². The Hall–Kier alpha value is -1.26. The maximum Gasteiger partial charge on any atom is 0.329 e. The SMILES string of the molecule is CCCCCCCCCC(=O)OCCOCCOCCOCCOCCOCC(=O)O. The van der Waals surface area contributed by atoms with Gasteiger partial charge < -0.3 is 33.5 Å². The van der Waals surface area contributed by atoms with Crippen LogP contribution < -0.4 is 0 Å². The zero-order valence-corrected chi connectivity index (χ0v) is 19.1. The van der Waals surface area contributed by atoms with E-state index >= 15 is 0 Å². The van der Waals surface area contributed by atoms with Crippen molar-refractivity contribution < 1.29 is 43.1 Å². The molecule has 0 unspecified atom stereocenters. The lowest BCUT2D eigenvalue weighted by Gasteiger charge is -2.08. The summed E-state index contributed by atoms with van der Waals surface area (Å²) in [6.45, 7) is 5.76. The van der Waals surface area contributed by atoms with Crippen molar-refractivity contribution in [3.8, 4) is 0 Å². The lowest BCUT2D eigenvalue weighted by atomic mass is 10.1. The molecule has 9 heteroatoms. The minimum absolute atomic E-state index is 0.151. The van der Waals surface area contributed by atoms with Crippen LogP contribution in [-0.4, -0.2) is 89.7 Å².